The fourth-order valence-corrected chi connectivity index (χ4v) is 2.44. The molecule has 1 aromatic carbocycles. The minimum absolute atomic E-state index is 0.0103. The zero-order valence-corrected chi connectivity index (χ0v) is 11.7. The average Bonchev–Trinajstić information content (AvgIpc) is 2.98. The van der Waals surface area contributed by atoms with Crippen LogP contribution in [0.3, 0.4) is 0 Å². The third-order valence-electron chi connectivity index (χ3n) is 3.57. The summed E-state index contributed by atoms with van der Waals surface area (Å²) in [6.45, 7) is 3.62. The lowest BCUT2D eigenvalue weighted by atomic mass is 10.1. The van der Waals surface area contributed by atoms with E-state index in [2.05, 4.69) is 23.6 Å². The molecule has 4 nitrogen and oxygen atoms in total. The summed E-state index contributed by atoms with van der Waals surface area (Å²) in [5, 5.41) is 6.19. The molecule has 0 aromatic heterocycles. The highest BCUT2D eigenvalue weighted by atomic mass is 16.5. The third kappa shape index (κ3) is 3.47. The molecule has 1 atom stereocenters. The Morgan fingerprint density at radius 2 is 2.37 bits per heavy atom. The van der Waals surface area contributed by atoms with E-state index in [4.69, 9.17) is 4.74 Å². The van der Waals surface area contributed by atoms with Gasteiger partial charge >= 0.3 is 0 Å². The van der Waals surface area contributed by atoms with Gasteiger partial charge in [-0.2, -0.15) is 0 Å². The number of carbonyl (C=O) groups is 1. The van der Waals surface area contributed by atoms with E-state index >= 15 is 0 Å². The van der Waals surface area contributed by atoms with Crippen molar-refractivity contribution in [1.29, 1.82) is 0 Å². The summed E-state index contributed by atoms with van der Waals surface area (Å²) in [6, 6.07) is 6.05. The monoisotopic (exact) mass is 262 g/mol. The molecule has 104 valence electrons. The second-order valence-corrected chi connectivity index (χ2v) is 4.87. The molecule has 1 fully saturated rings. The van der Waals surface area contributed by atoms with Gasteiger partial charge in [0.05, 0.1) is 13.2 Å². The smallest absolute Gasteiger partial charge is 0.237 e. The maximum absolute atomic E-state index is 11.9. The average molecular weight is 262 g/mol. The number of carbonyl (C=O) groups excluding carboxylic acids is 1. The van der Waals surface area contributed by atoms with Crippen molar-refractivity contribution in [2.24, 2.45) is 0 Å². The second kappa shape index (κ2) is 6.57. The van der Waals surface area contributed by atoms with Crippen LogP contribution < -0.4 is 15.4 Å². The molecule has 0 spiro atoms. The summed E-state index contributed by atoms with van der Waals surface area (Å²) in [5.74, 6) is 1.02. The van der Waals surface area contributed by atoms with Gasteiger partial charge in [-0.25, -0.2) is 0 Å². The second-order valence-electron chi connectivity index (χ2n) is 4.87. The molecule has 1 amide bonds. The van der Waals surface area contributed by atoms with Crippen molar-refractivity contribution in [2.45, 2.75) is 38.8 Å². The molecule has 0 saturated carbocycles. The summed E-state index contributed by atoms with van der Waals surface area (Å²) >= 11 is 0. The van der Waals surface area contributed by atoms with Crippen molar-refractivity contribution >= 4 is 5.91 Å². The largest absolute Gasteiger partial charge is 0.496 e. The highest BCUT2D eigenvalue weighted by Crippen LogP contribution is 2.20. The van der Waals surface area contributed by atoms with Gasteiger partial charge in [0.2, 0.25) is 5.91 Å². The van der Waals surface area contributed by atoms with Gasteiger partial charge in [-0.3, -0.25) is 4.79 Å². The highest BCUT2D eigenvalue weighted by Gasteiger charge is 2.21. The van der Waals surface area contributed by atoms with Gasteiger partial charge in [-0.1, -0.05) is 19.1 Å². The lowest BCUT2D eigenvalue weighted by Crippen LogP contribution is -2.40. The van der Waals surface area contributed by atoms with E-state index in [-0.39, 0.29) is 11.9 Å². The lowest BCUT2D eigenvalue weighted by Gasteiger charge is -2.13. The van der Waals surface area contributed by atoms with Crippen LogP contribution in [0.1, 0.15) is 30.9 Å². The number of methoxy groups -OCH3 is 1. The van der Waals surface area contributed by atoms with Gasteiger partial charge < -0.3 is 15.4 Å². The molecular formula is C15H22N2O2. The molecule has 1 aliphatic heterocycles. The molecule has 19 heavy (non-hydrogen) atoms. The Labute approximate surface area is 114 Å². The fraction of sp³-hybridized carbons (Fsp3) is 0.533. The van der Waals surface area contributed by atoms with Crippen LogP contribution in [0.25, 0.3) is 0 Å². The quantitative estimate of drug-likeness (QED) is 0.848. The standard InChI is InChI=1S/C15H22N2O2/c1-3-12-9-11(6-7-14(12)19-2)10-17-15(18)13-5-4-8-16-13/h6-7,9,13,16H,3-5,8,10H2,1-2H3,(H,17,18). The first-order chi connectivity index (χ1) is 9.24. The Hall–Kier alpha value is -1.55. The summed E-state index contributed by atoms with van der Waals surface area (Å²) in [5.41, 5.74) is 2.29. The van der Waals surface area contributed by atoms with Crippen molar-refractivity contribution in [3.63, 3.8) is 0 Å². The van der Waals surface area contributed by atoms with Gasteiger partial charge in [0.1, 0.15) is 5.75 Å². The summed E-state index contributed by atoms with van der Waals surface area (Å²) in [7, 11) is 1.68. The van der Waals surface area contributed by atoms with Crippen LogP contribution in [-0.4, -0.2) is 25.6 Å². The van der Waals surface area contributed by atoms with Gasteiger partial charge in [0, 0.05) is 6.54 Å². The van der Waals surface area contributed by atoms with Crippen LogP contribution in [0, 0.1) is 0 Å². The molecule has 1 aliphatic rings. The number of hydrogen-bond donors (Lipinski definition) is 2. The summed E-state index contributed by atoms with van der Waals surface area (Å²) in [6.07, 6.45) is 2.95. The highest BCUT2D eigenvalue weighted by molar-refractivity contribution is 5.81. The fourth-order valence-electron chi connectivity index (χ4n) is 2.44. The number of benzene rings is 1. The van der Waals surface area contributed by atoms with Crippen molar-refractivity contribution in [3.8, 4) is 5.75 Å². The van der Waals surface area contributed by atoms with Crippen molar-refractivity contribution in [3.05, 3.63) is 29.3 Å². The van der Waals surface area contributed by atoms with Crippen LogP contribution in [-0.2, 0) is 17.8 Å². The van der Waals surface area contributed by atoms with E-state index < -0.39 is 0 Å². The van der Waals surface area contributed by atoms with Crippen molar-refractivity contribution < 1.29 is 9.53 Å². The van der Waals surface area contributed by atoms with E-state index in [9.17, 15) is 4.79 Å². The number of amides is 1. The SMILES string of the molecule is CCc1cc(CNC(=O)C2CCCN2)ccc1OC. The third-order valence-corrected chi connectivity index (χ3v) is 3.57. The molecule has 0 bridgehead atoms. The minimum Gasteiger partial charge on any atom is -0.496 e. The molecule has 0 radical (unpaired) electrons. The molecule has 2 rings (SSSR count). The Balaban J connectivity index is 1.93. The topological polar surface area (TPSA) is 50.4 Å². The number of hydrogen-bond acceptors (Lipinski definition) is 3. The van der Waals surface area contributed by atoms with Crippen LogP contribution in [0.2, 0.25) is 0 Å². The minimum atomic E-state index is -0.0103. The number of ether oxygens (including phenoxy) is 1. The Morgan fingerprint density at radius 3 is 3.00 bits per heavy atom. The van der Waals surface area contributed by atoms with Gasteiger partial charge in [-0.05, 0) is 43.0 Å². The zero-order chi connectivity index (χ0) is 13.7. The number of rotatable bonds is 5. The summed E-state index contributed by atoms with van der Waals surface area (Å²) in [4.78, 5) is 11.9. The molecule has 1 heterocycles. The predicted molar refractivity (Wildman–Crippen MR) is 75.2 cm³/mol. The van der Waals surface area contributed by atoms with Crippen LogP contribution in [0.15, 0.2) is 18.2 Å². The first-order valence-electron chi connectivity index (χ1n) is 6.91. The first-order valence-corrected chi connectivity index (χ1v) is 6.91. The van der Waals surface area contributed by atoms with E-state index in [0.717, 1.165) is 37.1 Å². The number of nitrogens with one attached hydrogen (secondary N) is 2. The van der Waals surface area contributed by atoms with Crippen LogP contribution >= 0.6 is 0 Å². The van der Waals surface area contributed by atoms with Crippen molar-refractivity contribution in [2.75, 3.05) is 13.7 Å². The van der Waals surface area contributed by atoms with Crippen LogP contribution in [0.4, 0.5) is 0 Å². The Bertz CT molecular complexity index is 440. The van der Waals surface area contributed by atoms with Gasteiger partial charge in [0.15, 0.2) is 0 Å². The van der Waals surface area contributed by atoms with Crippen molar-refractivity contribution in [1.82, 2.24) is 10.6 Å². The molecule has 1 unspecified atom stereocenters. The van der Waals surface area contributed by atoms with E-state index in [1.807, 2.05) is 12.1 Å². The predicted octanol–water partition coefficient (Wildman–Crippen LogP) is 1.63. The Morgan fingerprint density at radius 1 is 1.53 bits per heavy atom. The first kappa shape index (κ1) is 13.9. The molecule has 0 aliphatic carbocycles. The molecular weight excluding hydrogens is 240 g/mol. The normalized spacial score (nSPS) is 18.3. The molecule has 1 aromatic rings. The summed E-state index contributed by atoms with van der Waals surface area (Å²) < 4.78 is 5.30. The maximum atomic E-state index is 11.9. The molecule has 4 heteroatoms. The lowest BCUT2D eigenvalue weighted by molar-refractivity contribution is -0.122. The molecule has 2 N–H and O–H groups in total. The van der Waals surface area contributed by atoms with Crippen LogP contribution in [0.5, 0.6) is 5.75 Å². The molecule has 1 saturated heterocycles. The number of aryl methyl sites for hydroxylation is 1. The van der Waals surface area contributed by atoms with E-state index in [0.29, 0.717) is 6.54 Å². The van der Waals surface area contributed by atoms with Gasteiger partial charge in [-0.15, -0.1) is 0 Å². The maximum Gasteiger partial charge on any atom is 0.237 e. The van der Waals surface area contributed by atoms with E-state index in [1.54, 1.807) is 7.11 Å². The zero-order valence-electron chi connectivity index (χ0n) is 11.7. The van der Waals surface area contributed by atoms with Gasteiger partial charge in [0.25, 0.3) is 0 Å². The Kier molecular flexibility index (Phi) is 4.80. The van der Waals surface area contributed by atoms with E-state index in [1.165, 1.54) is 5.56 Å².